The van der Waals surface area contributed by atoms with Gasteiger partial charge in [-0.25, -0.2) is 4.39 Å². The Hall–Kier alpha value is 0.470. The first-order chi connectivity index (χ1) is 3.98. The quantitative estimate of drug-likeness (QED) is 0.652. The topological polar surface area (TPSA) is 20.2 Å². The SMILES string of the molecule is CCC[C@@H](O)C(F)(Cl)Cl. The van der Waals surface area contributed by atoms with Gasteiger partial charge < -0.3 is 5.11 Å². The highest BCUT2D eigenvalue weighted by atomic mass is 35.5. The molecule has 1 atom stereocenters. The van der Waals surface area contributed by atoms with E-state index in [2.05, 4.69) is 0 Å². The van der Waals surface area contributed by atoms with E-state index in [1.165, 1.54) is 0 Å². The molecule has 0 aromatic heterocycles. The molecule has 4 heteroatoms. The normalized spacial score (nSPS) is 15.7. The van der Waals surface area contributed by atoms with Crippen LogP contribution in [0, 0.1) is 0 Å². The molecule has 0 rings (SSSR count). The van der Waals surface area contributed by atoms with E-state index in [0.29, 0.717) is 6.42 Å². The van der Waals surface area contributed by atoms with Crippen molar-refractivity contribution < 1.29 is 9.50 Å². The molecular formula is C5H9Cl2FO. The second-order valence-electron chi connectivity index (χ2n) is 1.85. The van der Waals surface area contributed by atoms with Crippen molar-refractivity contribution in [3.63, 3.8) is 0 Å². The van der Waals surface area contributed by atoms with Gasteiger partial charge in [-0.15, -0.1) is 0 Å². The van der Waals surface area contributed by atoms with Crippen molar-refractivity contribution >= 4 is 23.2 Å². The Morgan fingerprint density at radius 3 is 2.22 bits per heavy atom. The van der Waals surface area contributed by atoms with E-state index in [1.807, 2.05) is 6.92 Å². The molecule has 1 N–H and O–H groups in total. The lowest BCUT2D eigenvalue weighted by Crippen LogP contribution is -2.25. The maximum Gasteiger partial charge on any atom is 0.283 e. The molecule has 0 fully saturated rings. The highest BCUT2D eigenvalue weighted by molar-refractivity contribution is 6.47. The average molecular weight is 175 g/mol. The molecule has 0 spiro atoms. The van der Waals surface area contributed by atoms with Gasteiger partial charge in [0.05, 0.1) is 0 Å². The molecule has 0 saturated heterocycles. The lowest BCUT2D eigenvalue weighted by atomic mass is 10.2. The van der Waals surface area contributed by atoms with Gasteiger partial charge in [-0.2, -0.15) is 0 Å². The molecule has 0 unspecified atom stereocenters. The van der Waals surface area contributed by atoms with Crippen LogP contribution in [0.3, 0.4) is 0 Å². The number of alkyl halides is 3. The van der Waals surface area contributed by atoms with Crippen LogP contribution in [0.1, 0.15) is 19.8 Å². The fourth-order valence-electron chi connectivity index (χ4n) is 0.437. The smallest absolute Gasteiger partial charge is 0.283 e. The van der Waals surface area contributed by atoms with Crippen molar-refractivity contribution in [3.05, 3.63) is 0 Å². The summed E-state index contributed by atoms with van der Waals surface area (Å²) in [5, 5.41) is 8.75. The van der Waals surface area contributed by atoms with Crippen LogP contribution in [-0.4, -0.2) is 15.8 Å². The lowest BCUT2D eigenvalue weighted by molar-refractivity contribution is 0.0891. The Balaban J connectivity index is 3.59. The average Bonchev–Trinajstić information content (AvgIpc) is 1.64. The fourth-order valence-corrected chi connectivity index (χ4v) is 0.655. The predicted octanol–water partition coefficient (Wildman–Crippen LogP) is 2.25. The second kappa shape index (κ2) is 3.59. The third-order valence-corrected chi connectivity index (χ3v) is 1.44. The molecule has 0 aliphatic rings. The zero-order valence-corrected chi connectivity index (χ0v) is 6.58. The maximum absolute atomic E-state index is 12.3. The van der Waals surface area contributed by atoms with Crippen molar-refractivity contribution in [1.29, 1.82) is 0 Å². The third kappa shape index (κ3) is 3.95. The summed E-state index contributed by atoms with van der Waals surface area (Å²) in [6, 6.07) is 0. The van der Waals surface area contributed by atoms with E-state index in [9.17, 15) is 4.39 Å². The molecule has 0 aromatic carbocycles. The van der Waals surface area contributed by atoms with Gasteiger partial charge >= 0.3 is 0 Å². The van der Waals surface area contributed by atoms with Gasteiger partial charge in [0.2, 0.25) is 0 Å². The number of hydrogen-bond acceptors (Lipinski definition) is 1. The summed E-state index contributed by atoms with van der Waals surface area (Å²) < 4.78 is 9.76. The van der Waals surface area contributed by atoms with Crippen LogP contribution in [0.15, 0.2) is 0 Å². The van der Waals surface area contributed by atoms with Crippen LogP contribution in [-0.2, 0) is 0 Å². The Morgan fingerprint density at radius 2 is 2.11 bits per heavy atom. The van der Waals surface area contributed by atoms with Gasteiger partial charge in [-0.05, 0) is 6.42 Å². The summed E-state index contributed by atoms with van der Waals surface area (Å²) in [5.41, 5.74) is 0. The van der Waals surface area contributed by atoms with E-state index in [4.69, 9.17) is 28.3 Å². The monoisotopic (exact) mass is 174 g/mol. The van der Waals surface area contributed by atoms with E-state index in [1.54, 1.807) is 0 Å². The van der Waals surface area contributed by atoms with Crippen LogP contribution >= 0.6 is 23.2 Å². The minimum absolute atomic E-state index is 0.281. The van der Waals surface area contributed by atoms with Gasteiger partial charge in [0, 0.05) is 0 Å². The Morgan fingerprint density at radius 1 is 1.67 bits per heavy atom. The molecule has 0 radical (unpaired) electrons. The molecule has 0 aliphatic heterocycles. The van der Waals surface area contributed by atoms with Crippen molar-refractivity contribution in [1.82, 2.24) is 0 Å². The lowest BCUT2D eigenvalue weighted by Gasteiger charge is -2.15. The molecule has 0 amide bonds. The summed E-state index contributed by atoms with van der Waals surface area (Å²) in [5.74, 6) is 0. The number of aliphatic hydroxyl groups excluding tert-OH is 1. The minimum atomic E-state index is -2.49. The Bertz CT molecular complexity index is 81.5. The fraction of sp³-hybridized carbons (Fsp3) is 1.00. The third-order valence-electron chi connectivity index (χ3n) is 0.940. The summed E-state index contributed by atoms with van der Waals surface area (Å²) in [6.45, 7) is 1.81. The van der Waals surface area contributed by atoms with E-state index >= 15 is 0 Å². The van der Waals surface area contributed by atoms with Crippen molar-refractivity contribution in [2.45, 2.75) is 30.5 Å². The summed E-state index contributed by atoms with van der Waals surface area (Å²) in [7, 11) is 0. The molecule has 0 saturated carbocycles. The van der Waals surface area contributed by atoms with Crippen LogP contribution < -0.4 is 0 Å². The first kappa shape index (κ1) is 9.47. The number of halogens is 3. The van der Waals surface area contributed by atoms with Crippen LogP contribution in [0.5, 0.6) is 0 Å². The van der Waals surface area contributed by atoms with Gasteiger partial charge in [0.25, 0.3) is 4.59 Å². The molecule has 56 valence electrons. The number of aliphatic hydroxyl groups is 1. The van der Waals surface area contributed by atoms with E-state index in [0.717, 1.165) is 0 Å². The zero-order valence-electron chi connectivity index (χ0n) is 5.07. The maximum atomic E-state index is 12.3. The standard InChI is InChI=1S/C5H9Cl2FO/c1-2-3-4(9)5(6,7)8/h4,9H,2-3H2,1H3/t4-/m1/s1. The Labute approximate surface area is 63.8 Å². The highest BCUT2D eigenvalue weighted by Crippen LogP contribution is 2.28. The molecule has 0 aromatic rings. The number of rotatable bonds is 3. The van der Waals surface area contributed by atoms with Crippen LogP contribution in [0.25, 0.3) is 0 Å². The summed E-state index contributed by atoms with van der Waals surface area (Å²) in [4.78, 5) is 0. The number of hydrogen-bond donors (Lipinski definition) is 1. The first-order valence-electron chi connectivity index (χ1n) is 2.73. The molecule has 0 heterocycles. The van der Waals surface area contributed by atoms with E-state index < -0.39 is 10.7 Å². The van der Waals surface area contributed by atoms with E-state index in [-0.39, 0.29) is 6.42 Å². The predicted molar refractivity (Wildman–Crippen MR) is 36.5 cm³/mol. The van der Waals surface area contributed by atoms with Gasteiger partial charge in [-0.1, -0.05) is 36.5 Å². The largest absolute Gasteiger partial charge is 0.387 e. The zero-order chi connectivity index (χ0) is 7.49. The van der Waals surface area contributed by atoms with Crippen molar-refractivity contribution in [2.24, 2.45) is 0 Å². The molecule has 0 bridgehead atoms. The highest BCUT2D eigenvalue weighted by Gasteiger charge is 2.31. The molecule has 9 heavy (non-hydrogen) atoms. The van der Waals surface area contributed by atoms with Gasteiger partial charge in [-0.3, -0.25) is 0 Å². The summed E-state index contributed by atoms with van der Waals surface area (Å²) in [6.07, 6.45) is -0.332. The minimum Gasteiger partial charge on any atom is -0.387 e. The van der Waals surface area contributed by atoms with Crippen molar-refractivity contribution in [2.75, 3.05) is 0 Å². The summed E-state index contributed by atoms with van der Waals surface area (Å²) >= 11 is 9.82. The van der Waals surface area contributed by atoms with Crippen molar-refractivity contribution in [3.8, 4) is 0 Å². The molecule has 0 aliphatic carbocycles. The molecule has 1 nitrogen and oxygen atoms in total. The first-order valence-corrected chi connectivity index (χ1v) is 3.49. The van der Waals surface area contributed by atoms with Crippen LogP contribution in [0.4, 0.5) is 4.39 Å². The van der Waals surface area contributed by atoms with Gasteiger partial charge in [0.1, 0.15) is 6.10 Å². The van der Waals surface area contributed by atoms with Crippen LogP contribution in [0.2, 0.25) is 0 Å². The molecular weight excluding hydrogens is 166 g/mol. The second-order valence-corrected chi connectivity index (χ2v) is 3.14. The van der Waals surface area contributed by atoms with Gasteiger partial charge in [0.15, 0.2) is 0 Å². The Kier molecular flexibility index (Phi) is 3.78.